The Morgan fingerprint density at radius 3 is 2.57 bits per heavy atom. The van der Waals surface area contributed by atoms with Crippen LogP contribution in [0.1, 0.15) is 29.6 Å². The fraction of sp³-hybridized carbons (Fsp3) is 0.350. The molecule has 0 saturated carbocycles. The van der Waals surface area contributed by atoms with Crippen LogP contribution in [0.15, 0.2) is 30.3 Å². The number of amides is 1. The summed E-state index contributed by atoms with van der Waals surface area (Å²) in [7, 11) is 0. The first kappa shape index (κ1) is 21.2. The van der Waals surface area contributed by atoms with Crippen molar-refractivity contribution in [1.29, 1.82) is 0 Å². The normalized spacial score (nSPS) is 12.0. The summed E-state index contributed by atoms with van der Waals surface area (Å²) in [6.45, 7) is 7.45. The molecule has 0 bridgehead atoms. The van der Waals surface area contributed by atoms with E-state index in [1.165, 1.54) is 16.8 Å². The maximum atomic E-state index is 14.0. The first-order chi connectivity index (χ1) is 14.2. The Labute approximate surface area is 172 Å². The fourth-order valence-corrected chi connectivity index (χ4v) is 3.18. The fourth-order valence-electron chi connectivity index (χ4n) is 3.18. The lowest BCUT2D eigenvalue weighted by Gasteiger charge is -2.12. The molecule has 0 aliphatic carbocycles. The van der Waals surface area contributed by atoms with Crippen LogP contribution < -0.4 is 5.32 Å². The molecule has 2 aromatic heterocycles. The van der Waals surface area contributed by atoms with Crippen LogP contribution in [0.4, 0.5) is 15.9 Å². The maximum Gasteiger partial charge on any atom is 0.390 e. The standard InChI is InChI=1S/C20H23FN6O3/c1-12(10-25-13(2)9-18(24-25)27(29)30)20(28)22-19-14(3)23-26(15(19)4)11-16-7-5-6-8-17(16)21/h5-9,12H,10-11H2,1-4H3,(H,22,28). The number of carbonyl (C=O) groups excluding carboxylic acids is 1. The minimum absolute atomic E-state index is 0.201. The largest absolute Gasteiger partial charge is 0.390 e. The lowest BCUT2D eigenvalue weighted by atomic mass is 10.1. The van der Waals surface area contributed by atoms with Crippen LogP contribution in [0.3, 0.4) is 0 Å². The van der Waals surface area contributed by atoms with E-state index < -0.39 is 10.8 Å². The second-order valence-corrected chi connectivity index (χ2v) is 7.27. The van der Waals surface area contributed by atoms with E-state index in [0.29, 0.717) is 28.3 Å². The molecule has 0 spiro atoms. The maximum absolute atomic E-state index is 14.0. The highest BCUT2D eigenvalue weighted by molar-refractivity contribution is 5.93. The van der Waals surface area contributed by atoms with Gasteiger partial charge in [0.15, 0.2) is 0 Å². The van der Waals surface area contributed by atoms with Crippen LogP contribution in [0.25, 0.3) is 0 Å². The first-order valence-corrected chi connectivity index (χ1v) is 9.44. The number of anilines is 1. The number of rotatable bonds is 7. The van der Waals surface area contributed by atoms with Gasteiger partial charge in [0.1, 0.15) is 5.82 Å². The van der Waals surface area contributed by atoms with E-state index in [4.69, 9.17) is 0 Å². The Kier molecular flexibility index (Phi) is 5.95. The quantitative estimate of drug-likeness (QED) is 0.471. The van der Waals surface area contributed by atoms with Crippen molar-refractivity contribution in [2.24, 2.45) is 5.92 Å². The summed E-state index contributed by atoms with van der Waals surface area (Å²) in [5.41, 5.74) is 3.01. The van der Waals surface area contributed by atoms with Crippen molar-refractivity contribution in [2.75, 3.05) is 5.32 Å². The SMILES string of the molecule is Cc1nn(Cc2ccccc2F)c(C)c1NC(=O)C(C)Cn1nc([N+](=O)[O-])cc1C. The van der Waals surface area contributed by atoms with Crippen LogP contribution >= 0.6 is 0 Å². The van der Waals surface area contributed by atoms with Crippen LogP contribution in [0, 0.1) is 42.6 Å². The topological polar surface area (TPSA) is 108 Å². The van der Waals surface area contributed by atoms with Crippen LogP contribution in [-0.2, 0) is 17.9 Å². The van der Waals surface area contributed by atoms with Gasteiger partial charge in [-0.2, -0.15) is 9.78 Å². The zero-order valence-electron chi connectivity index (χ0n) is 17.2. The molecule has 0 radical (unpaired) electrons. The minimum atomic E-state index is -0.565. The van der Waals surface area contributed by atoms with Crippen molar-refractivity contribution in [2.45, 2.75) is 40.8 Å². The zero-order valence-corrected chi connectivity index (χ0v) is 17.2. The van der Waals surface area contributed by atoms with Gasteiger partial charge in [-0.1, -0.05) is 25.1 Å². The van der Waals surface area contributed by atoms with Gasteiger partial charge < -0.3 is 15.4 Å². The van der Waals surface area contributed by atoms with Gasteiger partial charge in [-0.15, -0.1) is 0 Å². The molecule has 0 aliphatic rings. The van der Waals surface area contributed by atoms with E-state index in [9.17, 15) is 19.3 Å². The molecule has 0 saturated heterocycles. The van der Waals surface area contributed by atoms with Gasteiger partial charge in [0.25, 0.3) is 0 Å². The van der Waals surface area contributed by atoms with Gasteiger partial charge in [0, 0.05) is 5.56 Å². The molecule has 1 unspecified atom stereocenters. The molecule has 30 heavy (non-hydrogen) atoms. The molecule has 3 aromatic rings. The molecule has 1 atom stereocenters. The molecule has 1 amide bonds. The van der Waals surface area contributed by atoms with Gasteiger partial charge in [0.05, 0.1) is 52.9 Å². The summed E-state index contributed by atoms with van der Waals surface area (Å²) in [4.78, 5) is 23.0. The third kappa shape index (κ3) is 4.37. The molecule has 2 heterocycles. The average molecular weight is 414 g/mol. The number of carbonyl (C=O) groups is 1. The molecule has 0 fully saturated rings. The van der Waals surface area contributed by atoms with Crippen molar-refractivity contribution in [3.8, 4) is 0 Å². The smallest absolute Gasteiger partial charge is 0.358 e. The van der Waals surface area contributed by atoms with Crippen molar-refractivity contribution < 1.29 is 14.1 Å². The van der Waals surface area contributed by atoms with E-state index in [1.807, 2.05) is 6.92 Å². The number of nitrogens with one attached hydrogen (secondary N) is 1. The monoisotopic (exact) mass is 414 g/mol. The van der Waals surface area contributed by atoms with Crippen LogP contribution in [-0.4, -0.2) is 30.4 Å². The average Bonchev–Trinajstić information content (AvgIpc) is 3.18. The van der Waals surface area contributed by atoms with Gasteiger partial charge in [-0.25, -0.2) is 4.39 Å². The summed E-state index contributed by atoms with van der Waals surface area (Å²) in [6, 6.07) is 7.84. The third-order valence-electron chi connectivity index (χ3n) is 4.96. The molecule has 158 valence electrons. The Morgan fingerprint density at radius 1 is 1.23 bits per heavy atom. The highest BCUT2D eigenvalue weighted by Crippen LogP contribution is 2.22. The Hall–Kier alpha value is -3.56. The summed E-state index contributed by atoms with van der Waals surface area (Å²) in [5.74, 6) is -1.31. The molecule has 1 N–H and O–H groups in total. The van der Waals surface area contributed by atoms with Gasteiger partial charge in [-0.3, -0.25) is 9.48 Å². The molecule has 10 heteroatoms. The van der Waals surface area contributed by atoms with Gasteiger partial charge in [0.2, 0.25) is 5.91 Å². The third-order valence-corrected chi connectivity index (χ3v) is 4.96. The summed E-state index contributed by atoms with van der Waals surface area (Å²) in [5, 5.41) is 22.1. The van der Waals surface area contributed by atoms with Gasteiger partial charge in [-0.05, 0) is 31.8 Å². The van der Waals surface area contributed by atoms with E-state index in [0.717, 1.165) is 0 Å². The lowest BCUT2D eigenvalue weighted by Crippen LogP contribution is -2.25. The molecule has 9 nitrogen and oxygen atoms in total. The number of aryl methyl sites for hydroxylation is 2. The summed E-state index contributed by atoms with van der Waals surface area (Å²) in [6.07, 6.45) is 0. The Morgan fingerprint density at radius 2 is 1.93 bits per heavy atom. The predicted molar refractivity (Wildman–Crippen MR) is 109 cm³/mol. The van der Waals surface area contributed by atoms with Crippen molar-refractivity contribution in [3.63, 3.8) is 0 Å². The van der Waals surface area contributed by atoms with Gasteiger partial charge >= 0.3 is 5.82 Å². The highest BCUT2D eigenvalue weighted by Gasteiger charge is 2.23. The molecular formula is C20H23FN6O3. The van der Waals surface area contributed by atoms with Crippen molar-refractivity contribution >= 4 is 17.4 Å². The number of nitrogens with zero attached hydrogens (tertiary/aromatic N) is 5. The number of nitro groups is 1. The van der Waals surface area contributed by atoms with Crippen molar-refractivity contribution in [1.82, 2.24) is 19.6 Å². The predicted octanol–water partition coefficient (Wildman–Crippen LogP) is 3.38. The number of halogens is 1. The minimum Gasteiger partial charge on any atom is -0.358 e. The second-order valence-electron chi connectivity index (χ2n) is 7.27. The number of hydrogen-bond acceptors (Lipinski definition) is 5. The van der Waals surface area contributed by atoms with E-state index in [-0.39, 0.29) is 30.6 Å². The van der Waals surface area contributed by atoms with E-state index >= 15 is 0 Å². The second kappa shape index (κ2) is 8.44. The van der Waals surface area contributed by atoms with Crippen LogP contribution in [0.5, 0.6) is 0 Å². The van der Waals surface area contributed by atoms with Crippen molar-refractivity contribution in [3.05, 3.63) is 68.9 Å². The molecular weight excluding hydrogens is 391 g/mol. The number of aromatic nitrogens is 4. The number of hydrogen-bond donors (Lipinski definition) is 1. The number of benzene rings is 1. The molecule has 0 aliphatic heterocycles. The highest BCUT2D eigenvalue weighted by atomic mass is 19.1. The van der Waals surface area contributed by atoms with E-state index in [1.54, 1.807) is 43.7 Å². The summed E-state index contributed by atoms with van der Waals surface area (Å²) < 4.78 is 17.1. The molecule has 3 rings (SSSR count). The van der Waals surface area contributed by atoms with Crippen LogP contribution in [0.2, 0.25) is 0 Å². The van der Waals surface area contributed by atoms with E-state index in [2.05, 4.69) is 15.5 Å². The lowest BCUT2D eigenvalue weighted by molar-refractivity contribution is -0.389. The summed E-state index contributed by atoms with van der Waals surface area (Å²) >= 11 is 0. The zero-order chi connectivity index (χ0) is 22.0. The molecule has 1 aromatic carbocycles. The Bertz CT molecular complexity index is 1100. The Balaban J connectivity index is 1.73. The first-order valence-electron chi connectivity index (χ1n) is 9.44.